The summed E-state index contributed by atoms with van der Waals surface area (Å²) in [5.41, 5.74) is 1.26. The van der Waals surface area contributed by atoms with Crippen LogP contribution in [0.3, 0.4) is 0 Å². The van der Waals surface area contributed by atoms with Crippen molar-refractivity contribution in [1.29, 1.82) is 0 Å². The van der Waals surface area contributed by atoms with Crippen LogP contribution in [0.4, 0.5) is 5.69 Å². The smallest absolute Gasteiger partial charge is 0.145 e. The summed E-state index contributed by atoms with van der Waals surface area (Å²) < 4.78 is 0. The maximum Gasteiger partial charge on any atom is 0.145 e. The molecule has 1 aromatic heterocycles. The Kier molecular flexibility index (Phi) is 3.26. The summed E-state index contributed by atoms with van der Waals surface area (Å²) in [6.07, 6.45) is 1.27. The van der Waals surface area contributed by atoms with Gasteiger partial charge in [-0.25, -0.2) is 4.99 Å². The Morgan fingerprint density at radius 3 is 2.89 bits per heavy atom. The van der Waals surface area contributed by atoms with Gasteiger partial charge in [0.2, 0.25) is 0 Å². The number of amidine groups is 1. The number of anilines is 1. The maximum atomic E-state index is 4.89. The lowest BCUT2D eigenvalue weighted by molar-refractivity contribution is 0.215. The SMILES string of the molecule is CCC1N=C(N2CCN(C)CC2)c2sccc2N1. The third-order valence-corrected chi connectivity index (χ3v) is 4.57. The van der Waals surface area contributed by atoms with E-state index in [-0.39, 0.29) is 6.17 Å². The number of hydrogen-bond donors (Lipinski definition) is 1. The molecule has 2 aliphatic rings. The summed E-state index contributed by atoms with van der Waals surface area (Å²) in [4.78, 5) is 11.0. The molecule has 0 amide bonds. The van der Waals surface area contributed by atoms with Gasteiger partial charge in [0.15, 0.2) is 0 Å². The van der Waals surface area contributed by atoms with Gasteiger partial charge in [-0.15, -0.1) is 11.3 Å². The molecule has 3 rings (SSSR count). The first-order valence-electron chi connectivity index (χ1n) is 6.63. The molecule has 0 aromatic carbocycles. The molecule has 18 heavy (non-hydrogen) atoms. The van der Waals surface area contributed by atoms with Crippen LogP contribution in [0.25, 0.3) is 0 Å². The van der Waals surface area contributed by atoms with Crippen LogP contribution in [-0.4, -0.2) is 55.0 Å². The van der Waals surface area contributed by atoms with Gasteiger partial charge in [0, 0.05) is 26.2 Å². The molecule has 1 aromatic rings. The van der Waals surface area contributed by atoms with Crippen molar-refractivity contribution in [3.63, 3.8) is 0 Å². The van der Waals surface area contributed by atoms with E-state index in [0.29, 0.717) is 0 Å². The standard InChI is InChI=1S/C13H20N4S/c1-3-11-14-10-4-9-18-12(10)13(15-11)17-7-5-16(2)6-8-17/h4,9,11,14H,3,5-8H2,1-2H3. The van der Waals surface area contributed by atoms with Gasteiger partial charge in [0.25, 0.3) is 0 Å². The van der Waals surface area contributed by atoms with Crippen LogP contribution in [0, 0.1) is 0 Å². The topological polar surface area (TPSA) is 30.9 Å². The minimum absolute atomic E-state index is 0.238. The van der Waals surface area contributed by atoms with Crippen molar-refractivity contribution in [3.8, 4) is 0 Å². The molecule has 0 saturated carbocycles. The molecule has 1 N–H and O–H groups in total. The Labute approximate surface area is 112 Å². The fraction of sp³-hybridized carbons (Fsp3) is 0.615. The van der Waals surface area contributed by atoms with Gasteiger partial charge in [-0.3, -0.25) is 0 Å². The van der Waals surface area contributed by atoms with Crippen molar-refractivity contribution < 1.29 is 0 Å². The molecular weight excluding hydrogens is 244 g/mol. The van der Waals surface area contributed by atoms with Gasteiger partial charge < -0.3 is 15.1 Å². The lowest BCUT2D eigenvalue weighted by Gasteiger charge is -2.36. The maximum absolute atomic E-state index is 4.89. The highest BCUT2D eigenvalue weighted by Gasteiger charge is 2.26. The molecule has 1 fully saturated rings. The number of aliphatic imine (C=N–C) groups is 1. The van der Waals surface area contributed by atoms with Gasteiger partial charge in [0.05, 0.1) is 10.6 Å². The molecule has 0 spiro atoms. The summed E-state index contributed by atoms with van der Waals surface area (Å²) in [5, 5.41) is 5.64. The molecule has 5 heteroatoms. The Balaban J connectivity index is 1.87. The number of fused-ring (bicyclic) bond motifs is 1. The van der Waals surface area contributed by atoms with Crippen molar-refractivity contribution in [3.05, 3.63) is 16.3 Å². The van der Waals surface area contributed by atoms with Crippen molar-refractivity contribution in [1.82, 2.24) is 9.80 Å². The van der Waals surface area contributed by atoms with E-state index >= 15 is 0 Å². The van der Waals surface area contributed by atoms with Crippen LogP contribution in [0.15, 0.2) is 16.4 Å². The molecular formula is C13H20N4S. The second kappa shape index (κ2) is 4.90. The van der Waals surface area contributed by atoms with E-state index in [0.717, 1.165) is 32.6 Å². The van der Waals surface area contributed by atoms with Gasteiger partial charge >= 0.3 is 0 Å². The number of likely N-dealkylation sites (N-methyl/N-ethyl adjacent to an activating group) is 1. The molecule has 3 heterocycles. The average Bonchev–Trinajstić information content (AvgIpc) is 2.86. The molecule has 0 bridgehead atoms. The molecule has 0 radical (unpaired) electrons. The van der Waals surface area contributed by atoms with Crippen molar-refractivity contribution >= 4 is 22.9 Å². The monoisotopic (exact) mass is 264 g/mol. The van der Waals surface area contributed by atoms with E-state index in [1.807, 2.05) is 0 Å². The Morgan fingerprint density at radius 1 is 1.39 bits per heavy atom. The van der Waals surface area contributed by atoms with E-state index in [1.54, 1.807) is 11.3 Å². The zero-order chi connectivity index (χ0) is 12.5. The fourth-order valence-corrected chi connectivity index (χ4v) is 3.33. The van der Waals surface area contributed by atoms with Gasteiger partial charge in [-0.05, 0) is 24.9 Å². The van der Waals surface area contributed by atoms with Gasteiger partial charge in [-0.1, -0.05) is 6.92 Å². The van der Waals surface area contributed by atoms with E-state index in [4.69, 9.17) is 4.99 Å². The fourth-order valence-electron chi connectivity index (χ4n) is 2.45. The van der Waals surface area contributed by atoms with Crippen LogP contribution in [0.1, 0.15) is 18.2 Å². The quantitative estimate of drug-likeness (QED) is 0.840. The summed E-state index contributed by atoms with van der Waals surface area (Å²) in [6.45, 7) is 6.61. The summed E-state index contributed by atoms with van der Waals surface area (Å²) in [5.74, 6) is 1.21. The van der Waals surface area contributed by atoms with E-state index in [9.17, 15) is 0 Å². The van der Waals surface area contributed by atoms with Crippen LogP contribution in [-0.2, 0) is 0 Å². The lowest BCUT2D eigenvalue weighted by Crippen LogP contribution is -2.48. The normalized spacial score (nSPS) is 24.4. The van der Waals surface area contributed by atoms with E-state index in [2.05, 4.69) is 40.5 Å². The number of nitrogens with zero attached hydrogens (tertiary/aromatic N) is 3. The Bertz CT molecular complexity index is 446. The molecule has 0 aliphatic carbocycles. The minimum Gasteiger partial charge on any atom is -0.362 e. The van der Waals surface area contributed by atoms with Crippen LogP contribution >= 0.6 is 11.3 Å². The first-order valence-corrected chi connectivity index (χ1v) is 7.51. The highest BCUT2D eigenvalue weighted by Crippen LogP contribution is 2.30. The molecule has 1 saturated heterocycles. The second-order valence-corrected chi connectivity index (χ2v) is 5.89. The van der Waals surface area contributed by atoms with Crippen molar-refractivity contribution in [2.45, 2.75) is 19.5 Å². The predicted molar refractivity (Wildman–Crippen MR) is 77.6 cm³/mol. The molecule has 98 valence electrons. The van der Waals surface area contributed by atoms with Crippen LogP contribution < -0.4 is 5.32 Å². The number of piperazine rings is 1. The summed E-state index contributed by atoms with van der Waals surface area (Å²) in [7, 11) is 2.19. The highest BCUT2D eigenvalue weighted by atomic mass is 32.1. The lowest BCUT2D eigenvalue weighted by atomic mass is 10.2. The summed E-state index contributed by atoms with van der Waals surface area (Å²) >= 11 is 1.79. The van der Waals surface area contributed by atoms with E-state index < -0.39 is 0 Å². The number of hydrogen-bond acceptors (Lipinski definition) is 5. The second-order valence-electron chi connectivity index (χ2n) is 4.97. The van der Waals surface area contributed by atoms with Crippen LogP contribution in [0.5, 0.6) is 0 Å². The zero-order valence-corrected chi connectivity index (χ0v) is 11.8. The molecule has 1 unspecified atom stereocenters. The first kappa shape index (κ1) is 12.0. The van der Waals surface area contributed by atoms with Crippen LogP contribution in [0.2, 0.25) is 0 Å². The van der Waals surface area contributed by atoms with E-state index in [1.165, 1.54) is 16.4 Å². The Morgan fingerprint density at radius 2 is 2.17 bits per heavy atom. The number of thiophene rings is 1. The summed E-state index contributed by atoms with van der Waals surface area (Å²) in [6, 6.07) is 2.17. The number of nitrogens with one attached hydrogen (secondary N) is 1. The third-order valence-electron chi connectivity index (χ3n) is 3.66. The Hall–Kier alpha value is -1.07. The minimum atomic E-state index is 0.238. The molecule has 2 aliphatic heterocycles. The largest absolute Gasteiger partial charge is 0.362 e. The number of rotatable bonds is 1. The van der Waals surface area contributed by atoms with Gasteiger partial charge in [-0.2, -0.15) is 0 Å². The predicted octanol–water partition coefficient (Wildman–Crippen LogP) is 1.90. The van der Waals surface area contributed by atoms with Crippen molar-refractivity contribution in [2.24, 2.45) is 4.99 Å². The van der Waals surface area contributed by atoms with Crippen molar-refractivity contribution in [2.75, 3.05) is 38.5 Å². The molecule has 1 atom stereocenters. The zero-order valence-electron chi connectivity index (χ0n) is 11.0. The highest BCUT2D eigenvalue weighted by molar-refractivity contribution is 7.12. The molecule has 4 nitrogen and oxygen atoms in total. The average molecular weight is 264 g/mol. The third kappa shape index (κ3) is 2.12. The van der Waals surface area contributed by atoms with Gasteiger partial charge in [0.1, 0.15) is 12.0 Å². The first-order chi connectivity index (χ1) is 8.78.